The molecule has 0 spiro atoms. The monoisotopic (exact) mass is 253 g/mol. The molecule has 0 aromatic carbocycles. The summed E-state index contributed by atoms with van der Waals surface area (Å²) in [4.78, 5) is 15.8. The average Bonchev–Trinajstić information content (AvgIpc) is 2.92. The minimum Gasteiger partial charge on any atom is -0.464 e. The fourth-order valence-corrected chi connectivity index (χ4v) is 2.70. The summed E-state index contributed by atoms with van der Waals surface area (Å²) in [6.45, 7) is 1.84. The number of aromatic nitrogens is 2. The normalized spacial score (nSPS) is 23.3. The zero-order valence-corrected chi connectivity index (χ0v) is 11.0. The molecule has 2 atom stereocenters. The van der Waals surface area contributed by atoms with Gasteiger partial charge in [-0.15, -0.1) is 0 Å². The predicted molar refractivity (Wildman–Crippen MR) is 66.4 cm³/mol. The van der Waals surface area contributed by atoms with Gasteiger partial charge in [-0.3, -0.25) is 0 Å². The van der Waals surface area contributed by atoms with E-state index in [1.54, 1.807) is 7.11 Å². The lowest BCUT2D eigenvalue weighted by Crippen LogP contribution is -2.23. The van der Waals surface area contributed by atoms with Crippen LogP contribution < -0.4 is 5.73 Å². The van der Waals surface area contributed by atoms with E-state index in [0.717, 1.165) is 25.1 Å². The number of nitrogens with two attached hydrogens (primary N) is 1. The van der Waals surface area contributed by atoms with Crippen LogP contribution in [-0.2, 0) is 9.47 Å². The highest BCUT2D eigenvalue weighted by Gasteiger charge is 2.32. The second-order valence-electron chi connectivity index (χ2n) is 4.53. The average molecular weight is 253 g/mol. The fraction of sp³-hybridized carbons (Fsp3) is 0.667. The molecule has 1 aromatic heterocycles. The molecule has 18 heavy (non-hydrogen) atoms. The lowest BCUT2D eigenvalue weighted by atomic mass is 10.2. The van der Waals surface area contributed by atoms with Crippen LogP contribution >= 0.6 is 0 Å². The number of anilines is 1. The van der Waals surface area contributed by atoms with Gasteiger partial charge in [-0.25, -0.2) is 9.78 Å². The number of carbonyl (C=O) groups excluding carboxylic acids is 1. The highest BCUT2D eigenvalue weighted by atomic mass is 16.5. The molecule has 2 rings (SSSR count). The molecule has 1 heterocycles. The van der Waals surface area contributed by atoms with Crippen LogP contribution in [0.1, 0.15) is 41.6 Å². The van der Waals surface area contributed by atoms with Crippen LogP contribution in [0.2, 0.25) is 0 Å². The first kappa shape index (κ1) is 12.9. The Morgan fingerprint density at radius 2 is 2.17 bits per heavy atom. The van der Waals surface area contributed by atoms with Crippen LogP contribution in [0, 0.1) is 6.92 Å². The summed E-state index contributed by atoms with van der Waals surface area (Å²) in [6, 6.07) is 0.154. The highest BCUT2D eigenvalue weighted by molar-refractivity contribution is 5.92. The van der Waals surface area contributed by atoms with Crippen molar-refractivity contribution < 1.29 is 14.3 Å². The molecule has 1 aromatic rings. The Morgan fingerprint density at radius 1 is 1.44 bits per heavy atom. The molecule has 1 saturated carbocycles. The number of methoxy groups -OCH3 is 2. The zero-order valence-electron chi connectivity index (χ0n) is 11.0. The second kappa shape index (κ2) is 4.97. The van der Waals surface area contributed by atoms with E-state index >= 15 is 0 Å². The minimum absolute atomic E-state index is 0.130. The van der Waals surface area contributed by atoms with Gasteiger partial charge in [0.1, 0.15) is 11.6 Å². The van der Waals surface area contributed by atoms with Crippen molar-refractivity contribution in [3.63, 3.8) is 0 Å². The number of aryl methyl sites for hydroxylation is 1. The Bertz CT molecular complexity index is 456. The van der Waals surface area contributed by atoms with Crippen molar-refractivity contribution in [3.05, 3.63) is 11.5 Å². The van der Waals surface area contributed by atoms with Gasteiger partial charge in [0.2, 0.25) is 0 Å². The van der Waals surface area contributed by atoms with Crippen molar-refractivity contribution in [2.45, 2.75) is 38.3 Å². The third-order valence-electron chi connectivity index (χ3n) is 3.56. The summed E-state index contributed by atoms with van der Waals surface area (Å²) in [7, 11) is 3.02. The molecule has 1 fully saturated rings. The third-order valence-corrected chi connectivity index (χ3v) is 3.56. The summed E-state index contributed by atoms with van der Waals surface area (Å²) in [5, 5.41) is 0. The van der Waals surface area contributed by atoms with Crippen molar-refractivity contribution in [2.75, 3.05) is 20.0 Å². The first-order chi connectivity index (χ1) is 8.60. The van der Waals surface area contributed by atoms with E-state index in [9.17, 15) is 4.79 Å². The maximum Gasteiger partial charge on any atom is 0.360 e. The van der Waals surface area contributed by atoms with E-state index in [2.05, 4.69) is 9.72 Å². The van der Waals surface area contributed by atoms with E-state index in [0.29, 0.717) is 5.82 Å². The van der Waals surface area contributed by atoms with E-state index < -0.39 is 5.97 Å². The van der Waals surface area contributed by atoms with Gasteiger partial charge in [0, 0.05) is 7.11 Å². The molecule has 6 heteroatoms. The largest absolute Gasteiger partial charge is 0.464 e. The van der Waals surface area contributed by atoms with Crippen molar-refractivity contribution in [3.8, 4) is 0 Å². The van der Waals surface area contributed by atoms with Gasteiger partial charge in [0.05, 0.1) is 19.3 Å². The van der Waals surface area contributed by atoms with Gasteiger partial charge in [0.15, 0.2) is 5.69 Å². The van der Waals surface area contributed by atoms with Gasteiger partial charge in [-0.05, 0) is 26.2 Å². The summed E-state index contributed by atoms with van der Waals surface area (Å²) >= 11 is 0. The number of rotatable bonds is 3. The van der Waals surface area contributed by atoms with Crippen LogP contribution in [0.3, 0.4) is 0 Å². The first-order valence-corrected chi connectivity index (χ1v) is 6.05. The molecule has 2 unspecified atom stereocenters. The molecule has 0 radical (unpaired) electrons. The topological polar surface area (TPSA) is 79.4 Å². The van der Waals surface area contributed by atoms with E-state index in [1.807, 2.05) is 11.5 Å². The molecule has 0 saturated heterocycles. The van der Waals surface area contributed by atoms with Crippen molar-refractivity contribution in [2.24, 2.45) is 0 Å². The Morgan fingerprint density at radius 3 is 2.78 bits per heavy atom. The number of esters is 1. The van der Waals surface area contributed by atoms with Crippen molar-refractivity contribution in [1.29, 1.82) is 0 Å². The van der Waals surface area contributed by atoms with Crippen LogP contribution in [0.4, 0.5) is 5.82 Å². The molecule has 100 valence electrons. The number of ether oxygens (including phenoxy) is 2. The molecule has 0 amide bonds. The van der Waals surface area contributed by atoms with Crippen LogP contribution in [0.5, 0.6) is 0 Å². The summed E-state index contributed by atoms with van der Waals surface area (Å²) in [5.74, 6) is 0.594. The van der Waals surface area contributed by atoms with E-state index in [1.165, 1.54) is 7.11 Å². The Balaban J connectivity index is 2.39. The van der Waals surface area contributed by atoms with Gasteiger partial charge >= 0.3 is 5.97 Å². The lowest BCUT2D eigenvalue weighted by Gasteiger charge is -2.22. The molecular weight excluding hydrogens is 234 g/mol. The molecule has 1 aliphatic rings. The summed E-state index contributed by atoms with van der Waals surface area (Å²) in [6.07, 6.45) is 3.21. The van der Waals surface area contributed by atoms with E-state index in [-0.39, 0.29) is 17.8 Å². The van der Waals surface area contributed by atoms with Crippen LogP contribution in [0.25, 0.3) is 0 Å². The smallest absolute Gasteiger partial charge is 0.360 e. The van der Waals surface area contributed by atoms with Gasteiger partial charge in [0.25, 0.3) is 0 Å². The minimum atomic E-state index is -0.499. The molecule has 2 N–H and O–H groups in total. The summed E-state index contributed by atoms with van der Waals surface area (Å²) in [5.41, 5.74) is 6.21. The van der Waals surface area contributed by atoms with Crippen LogP contribution in [-0.4, -0.2) is 35.8 Å². The quantitative estimate of drug-likeness (QED) is 0.821. The van der Waals surface area contributed by atoms with E-state index in [4.69, 9.17) is 10.5 Å². The number of imidazole rings is 1. The first-order valence-electron chi connectivity index (χ1n) is 6.05. The maximum absolute atomic E-state index is 11.6. The Labute approximate surface area is 106 Å². The molecule has 6 nitrogen and oxygen atoms in total. The van der Waals surface area contributed by atoms with Gasteiger partial charge in [-0.2, -0.15) is 0 Å². The zero-order chi connectivity index (χ0) is 13.3. The highest BCUT2D eigenvalue weighted by Crippen LogP contribution is 2.35. The second-order valence-corrected chi connectivity index (χ2v) is 4.53. The fourth-order valence-electron chi connectivity index (χ4n) is 2.70. The third kappa shape index (κ3) is 1.96. The standard InChI is InChI=1S/C12H19N3O3/c1-7-14-10(12(16)18-3)11(13)15(7)8-5-4-6-9(8)17-2/h8-9H,4-6,13H2,1-3H3. The van der Waals surface area contributed by atoms with Crippen molar-refractivity contribution in [1.82, 2.24) is 9.55 Å². The predicted octanol–water partition coefficient (Wildman–Crippen LogP) is 1.30. The summed E-state index contributed by atoms with van der Waals surface area (Å²) < 4.78 is 12.0. The SMILES string of the molecule is COC(=O)c1nc(C)n(C2CCCC2OC)c1N. The maximum atomic E-state index is 11.6. The Hall–Kier alpha value is -1.56. The molecular formula is C12H19N3O3. The number of nitrogens with zero attached hydrogens (tertiary/aromatic N) is 2. The van der Waals surface area contributed by atoms with Crippen LogP contribution in [0.15, 0.2) is 0 Å². The number of hydrogen-bond acceptors (Lipinski definition) is 5. The van der Waals surface area contributed by atoms with Gasteiger partial charge in [-0.1, -0.05) is 0 Å². The Kier molecular flexibility index (Phi) is 3.56. The number of hydrogen-bond donors (Lipinski definition) is 1. The molecule has 0 bridgehead atoms. The number of nitrogen functional groups attached to an aromatic ring is 1. The van der Waals surface area contributed by atoms with Gasteiger partial charge < -0.3 is 19.8 Å². The number of carbonyl (C=O) groups is 1. The van der Waals surface area contributed by atoms with Crippen molar-refractivity contribution >= 4 is 11.8 Å². The molecule has 1 aliphatic carbocycles. The molecule has 0 aliphatic heterocycles. The lowest BCUT2D eigenvalue weighted by molar-refractivity contribution is 0.0594.